The number of fused-ring (bicyclic) bond motifs is 1. The highest BCUT2D eigenvalue weighted by atomic mass is 16.3. The molecule has 21 heavy (non-hydrogen) atoms. The van der Waals surface area contributed by atoms with Crippen molar-refractivity contribution in [2.24, 2.45) is 0 Å². The summed E-state index contributed by atoms with van der Waals surface area (Å²) >= 11 is 0. The molecule has 5 heteroatoms. The Kier molecular flexibility index (Phi) is 3.83. The molecular weight excluding hydrogens is 264 g/mol. The fourth-order valence-electron chi connectivity index (χ4n) is 2.18. The monoisotopic (exact) mass is 282 g/mol. The summed E-state index contributed by atoms with van der Waals surface area (Å²) in [6, 6.07) is 12.2. The Balaban J connectivity index is 1.95. The first kappa shape index (κ1) is 13.6. The van der Waals surface area contributed by atoms with E-state index in [1.54, 1.807) is 0 Å². The SMILES string of the molecule is Cc1ccc(-c2cnc3ccc(NCCCO)nn23)cc1. The van der Waals surface area contributed by atoms with Gasteiger partial charge in [-0.15, -0.1) is 5.10 Å². The summed E-state index contributed by atoms with van der Waals surface area (Å²) in [5, 5.41) is 16.6. The Morgan fingerprint density at radius 1 is 1.14 bits per heavy atom. The maximum atomic E-state index is 8.82. The van der Waals surface area contributed by atoms with E-state index >= 15 is 0 Å². The van der Waals surface area contributed by atoms with Crippen LogP contribution in [0.2, 0.25) is 0 Å². The van der Waals surface area contributed by atoms with Crippen molar-refractivity contribution in [2.45, 2.75) is 13.3 Å². The van der Waals surface area contributed by atoms with Crippen LogP contribution in [0.3, 0.4) is 0 Å². The molecule has 0 aliphatic carbocycles. The number of aryl methyl sites for hydroxylation is 1. The van der Waals surface area contributed by atoms with E-state index in [9.17, 15) is 0 Å². The number of nitrogens with zero attached hydrogens (tertiary/aromatic N) is 3. The van der Waals surface area contributed by atoms with Gasteiger partial charge in [0, 0.05) is 18.7 Å². The van der Waals surface area contributed by atoms with Gasteiger partial charge in [-0.3, -0.25) is 0 Å². The fraction of sp³-hybridized carbons (Fsp3) is 0.250. The molecule has 0 bridgehead atoms. The molecule has 0 radical (unpaired) electrons. The molecule has 0 spiro atoms. The number of rotatable bonds is 5. The predicted molar refractivity (Wildman–Crippen MR) is 83.4 cm³/mol. The normalized spacial score (nSPS) is 11.0. The highest BCUT2D eigenvalue weighted by Gasteiger charge is 2.07. The molecule has 3 rings (SSSR count). The van der Waals surface area contributed by atoms with Crippen LogP contribution in [0.1, 0.15) is 12.0 Å². The molecule has 0 aliphatic heterocycles. The van der Waals surface area contributed by atoms with Gasteiger partial charge in [0.2, 0.25) is 0 Å². The summed E-state index contributed by atoms with van der Waals surface area (Å²) in [4.78, 5) is 4.39. The lowest BCUT2D eigenvalue weighted by Gasteiger charge is -2.06. The number of aromatic nitrogens is 3. The van der Waals surface area contributed by atoms with Crippen molar-refractivity contribution in [3.8, 4) is 11.3 Å². The maximum absolute atomic E-state index is 8.82. The van der Waals surface area contributed by atoms with E-state index in [1.165, 1.54) is 5.56 Å². The lowest BCUT2D eigenvalue weighted by molar-refractivity contribution is 0.292. The molecule has 108 valence electrons. The van der Waals surface area contributed by atoms with Crippen LogP contribution < -0.4 is 5.32 Å². The molecular formula is C16H18N4O. The van der Waals surface area contributed by atoms with Crippen LogP contribution in [0, 0.1) is 6.92 Å². The predicted octanol–water partition coefficient (Wildman–Crippen LogP) is 2.50. The molecule has 0 aliphatic rings. The Hall–Kier alpha value is -2.40. The molecule has 0 amide bonds. The van der Waals surface area contributed by atoms with Crippen LogP contribution in [0.4, 0.5) is 5.82 Å². The second kappa shape index (κ2) is 5.93. The number of benzene rings is 1. The Bertz CT molecular complexity index is 734. The quantitative estimate of drug-likeness (QED) is 0.706. The van der Waals surface area contributed by atoms with E-state index in [2.05, 4.69) is 46.6 Å². The number of anilines is 1. The van der Waals surface area contributed by atoms with Crippen molar-refractivity contribution in [1.82, 2.24) is 14.6 Å². The summed E-state index contributed by atoms with van der Waals surface area (Å²) in [6.45, 7) is 2.94. The summed E-state index contributed by atoms with van der Waals surface area (Å²) < 4.78 is 1.84. The number of hydrogen-bond acceptors (Lipinski definition) is 4. The van der Waals surface area contributed by atoms with E-state index < -0.39 is 0 Å². The smallest absolute Gasteiger partial charge is 0.154 e. The second-order valence-electron chi connectivity index (χ2n) is 5.00. The van der Waals surface area contributed by atoms with Gasteiger partial charge < -0.3 is 10.4 Å². The van der Waals surface area contributed by atoms with Crippen molar-refractivity contribution < 1.29 is 5.11 Å². The highest BCUT2D eigenvalue weighted by molar-refractivity contribution is 5.63. The summed E-state index contributed by atoms with van der Waals surface area (Å²) in [5.74, 6) is 0.780. The standard InChI is InChI=1S/C16H18N4O/c1-12-3-5-13(6-4-12)14-11-18-16-8-7-15(19-20(14)16)17-9-2-10-21/h3-8,11,21H,2,9-10H2,1H3,(H,17,19). The molecule has 0 saturated heterocycles. The summed E-state index contributed by atoms with van der Waals surface area (Å²) in [5.41, 5.74) is 4.11. The van der Waals surface area contributed by atoms with Gasteiger partial charge in [-0.1, -0.05) is 29.8 Å². The minimum atomic E-state index is 0.176. The van der Waals surface area contributed by atoms with E-state index in [4.69, 9.17) is 5.11 Å². The molecule has 0 fully saturated rings. The third-order valence-electron chi connectivity index (χ3n) is 3.35. The highest BCUT2D eigenvalue weighted by Crippen LogP contribution is 2.21. The first-order valence-electron chi connectivity index (χ1n) is 7.04. The van der Waals surface area contributed by atoms with Crippen LogP contribution in [-0.4, -0.2) is 32.9 Å². The fourth-order valence-corrected chi connectivity index (χ4v) is 2.18. The second-order valence-corrected chi connectivity index (χ2v) is 5.00. The third-order valence-corrected chi connectivity index (χ3v) is 3.35. The van der Waals surface area contributed by atoms with Crippen LogP contribution in [0.15, 0.2) is 42.6 Å². The lowest BCUT2D eigenvalue weighted by atomic mass is 10.1. The molecule has 0 atom stereocenters. The number of hydrogen-bond donors (Lipinski definition) is 2. The molecule has 5 nitrogen and oxygen atoms in total. The average molecular weight is 282 g/mol. The van der Waals surface area contributed by atoms with Crippen LogP contribution >= 0.6 is 0 Å². The molecule has 3 aromatic rings. The van der Waals surface area contributed by atoms with Crippen LogP contribution in [0.25, 0.3) is 16.9 Å². The van der Waals surface area contributed by atoms with Gasteiger partial charge in [-0.25, -0.2) is 9.50 Å². The Labute approximate surface area is 123 Å². The van der Waals surface area contributed by atoms with Crippen LogP contribution in [-0.2, 0) is 0 Å². The average Bonchev–Trinajstić information content (AvgIpc) is 2.92. The first-order valence-corrected chi connectivity index (χ1v) is 7.04. The molecule has 0 saturated carbocycles. The van der Waals surface area contributed by atoms with E-state index in [1.807, 2.05) is 22.8 Å². The zero-order chi connectivity index (χ0) is 14.7. The first-order chi connectivity index (χ1) is 10.3. The summed E-state index contributed by atoms with van der Waals surface area (Å²) in [6.07, 6.45) is 2.54. The summed E-state index contributed by atoms with van der Waals surface area (Å²) in [7, 11) is 0. The number of imidazole rings is 1. The molecule has 2 aromatic heterocycles. The van der Waals surface area contributed by atoms with Gasteiger partial charge in [0.25, 0.3) is 0 Å². The Morgan fingerprint density at radius 2 is 1.95 bits per heavy atom. The third kappa shape index (κ3) is 2.87. The topological polar surface area (TPSA) is 62.5 Å². The van der Waals surface area contributed by atoms with Crippen molar-refractivity contribution in [3.05, 3.63) is 48.2 Å². The largest absolute Gasteiger partial charge is 0.396 e. The lowest BCUT2D eigenvalue weighted by Crippen LogP contribution is -2.07. The van der Waals surface area contributed by atoms with Gasteiger partial charge >= 0.3 is 0 Å². The molecule has 2 heterocycles. The van der Waals surface area contributed by atoms with Crippen molar-refractivity contribution in [2.75, 3.05) is 18.5 Å². The number of aliphatic hydroxyl groups is 1. The zero-order valence-electron chi connectivity index (χ0n) is 12.0. The van der Waals surface area contributed by atoms with Gasteiger partial charge in [0.1, 0.15) is 5.82 Å². The maximum Gasteiger partial charge on any atom is 0.154 e. The molecule has 0 unspecified atom stereocenters. The number of nitrogens with one attached hydrogen (secondary N) is 1. The van der Waals surface area contributed by atoms with Crippen molar-refractivity contribution >= 4 is 11.5 Å². The molecule has 2 N–H and O–H groups in total. The van der Waals surface area contributed by atoms with Crippen molar-refractivity contribution in [3.63, 3.8) is 0 Å². The zero-order valence-corrected chi connectivity index (χ0v) is 12.0. The number of aliphatic hydroxyl groups excluding tert-OH is 1. The van der Waals surface area contributed by atoms with E-state index in [0.29, 0.717) is 13.0 Å². The van der Waals surface area contributed by atoms with Gasteiger partial charge in [-0.2, -0.15) is 0 Å². The van der Waals surface area contributed by atoms with Gasteiger partial charge in [-0.05, 0) is 25.5 Å². The van der Waals surface area contributed by atoms with Crippen molar-refractivity contribution in [1.29, 1.82) is 0 Å². The van der Waals surface area contributed by atoms with E-state index in [0.717, 1.165) is 22.7 Å². The van der Waals surface area contributed by atoms with Gasteiger partial charge in [0.15, 0.2) is 5.65 Å². The van der Waals surface area contributed by atoms with Gasteiger partial charge in [0.05, 0.1) is 11.9 Å². The minimum absolute atomic E-state index is 0.176. The minimum Gasteiger partial charge on any atom is -0.396 e. The molecule has 1 aromatic carbocycles. The van der Waals surface area contributed by atoms with E-state index in [-0.39, 0.29) is 6.61 Å². The van der Waals surface area contributed by atoms with Crippen LogP contribution in [0.5, 0.6) is 0 Å². The Morgan fingerprint density at radius 3 is 2.71 bits per heavy atom.